The Hall–Kier alpha value is -2.90. The molecule has 2 amide bonds. The molecule has 2 N–H and O–H groups in total. The van der Waals surface area contributed by atoms with Crippen molar-refractivity contribution in [2.24, 2.45) is 5.92 Å². The summed E-state index contributed by atoms with van der Waals surface area (Å²) in [4.78, 5) is 36.1. The first-order valence-electron chi connectivity index (χ1n) is 7.81. The molecule has 0 spiro atoms. The van der Waals surface area contributed by atoms with E-state index in [4.69, 9.17) is 5.11 Å². The number of hydrogen-bond acceptors (Lipinski definition) is 5. The van der Waals surface area contributed by atoms with Gasteiger partial charge in [-0.05, 0) is 24.6 Å². The zero-order valence-electron chi connectivity index (χ0n) is 12.8. The number of hydrogen-bond donors (Lipinski definition) is 2. The lowest BCUT2D eigenvalue weighted by atomic mass is 9.99. The first-order valence-corrected chi connectivity index (χ1v) is 7.81. The third kappa shape index (κ3) is 2.40. The summed E-state index contributed by atoms with van der Waals surface area (Å²) in [7, 11) is 0. The summed E-state index contributed by atoms with van der Waals surface area (Å²) in [5, 5.41) is 16.6. The Morgan fingerprint density at radius 1 is 1.29 bits per heavy atom. The van der Waals surface area contributed by atoms with Crippen molar-refractivity contribution in [2.75, 3.05) is 18.0 Å². The number of piperidine rings is 1. The van der Waals surface area contributed by atoms with Gasteiger partial charge < -0.3 is 10.0 Å². The maximum absolute atomic E-state index is 12.0. The van der Waals surface area contributed by atoms with Crippen LogP contribution in [0.25, 0.3) is 10.9 Å². The van der Waals surface area contributed by atoms with E-state index in [1.54, 1.807) is 10.9 Å². The number of imide groups is 1. The molecule has 2 saturated heterocycles. The normalized spacial score (nSPS) is 21.7. The minimum Gasteiger partial charge on any atom is -0.481 e. The number of anilines is 1. The molecular weight excluding hydrogens is 312 g/mol. The van der Waals surface area contributed by atoms with E-state index in [1.807, 2.05) is 23.1 Å². The number of carbonyl (C=O) groups excluding carboxylic acids is 2. The SMILES string of the molecule is O=C1CCC(n2cc3cc(N4CC(C(=O)O)C4)ccc3n2)C(=O)N1. The molecule has 124 valence electrons. The molecule has 0 bridgehead atoms. The fraction of sp³-hybridized carbons (Fsp3) is 0.375. The average molecular weight is 328 g/mol. The standard InChI is InChI=1S/C16H16N4O4/c21-14-4-3-13(15(22)17-14)20-8-9-5-11(1-2-12(9)18-20)19-6-10(7-19)16(23)24/h1-2,5,8,10,13H,3-4,6-7H2,(H,23,24)(H,17,21,22). The second-order valence-corrected chi connectivity index (χ2v) is 6.26. The Morgan fingerprint density at radius 2 is 2.08 bits per heavy atom. The van der Waals surface area contributed by atoms with Crippen molar-refractivity contribution in [3.05, 3.63) is 24.4 Å². The van der Waals surface area contributed by atoms with E-state index in [9.17, 15) is 14.4 Å². The van der Waals surface area contributed by atoms with Gasteiger partial charge in [0.15, 0.2) is 0 Å². The average Bonchev–Trinajstić information content (AvgIpc) is 2.88. The zero-order chi connectivity index (χ0) is 16.8. The number of aliphatic carboxylic acids is 1. The van der Waals surface area contributed by atoms with Gasteiger partial charge in [-0.1, -0.05) is 0 Å². The van der Waals surface area contributed by atoms with Gasteiger partial charge in [0.05, 0.1) is 11.4 Å². The summed E-state index contributed by atoms with van der Waals surface area (Å²) >= 11 is 0. The molecule has 0 radical (unpaired) electrons. The molecule has 2 aliphatic rings. The number of aromatic nitrogens is 2. The first kappa shape index (κ1) is 14.7. The van der Waals surface area contributed by atoms with Crippen LogP contribution in [0.3, 0.4) is 0 Å². The number of carboxylic acid groups (broad SMARTS) is 1. The molecule has 0 saturated carbocycles. The van der Waals surface area contributed by atoms with Crippen molar-refractivity contribution in [2.45, 2.75) is 18.9 Å². The minimum atomic E-state index is -0.766. The molecule has 1 atom stereocenters. The summed E-state index contributed by atoms with van der Waals surface area (Å²) in [5.41, 5.74) is 1.71. The molecule has 8 heteroatoms. The maximum Gasteiger partial charge on any atom is 0.310 e. The van der Waals surface area contributed by atoms with E-state index in [2.05, 4.69) is 10.4 Å². The first-order chi connectivity index (χ1) is 11.5. The van der Waals surface area contributed by atoms with Gasteiger partial charge in [0.1, 0.15) is 6.04 Å². The van der Waals surface area contributed by atoms with Gasteiger partial charge in [0.25, 0.3) is 5.91 Å². The molecule has 3 heterocycles. The molecule has 1 unspecified atom stereocenters. The van der Waals surface area contributed by atoms with Gasteiger partial charge >= 0.3 is 5.97 Å². The molecule has 4 rings (SSSR count). The number of carboxylic acids is 1. The second-order valence-electron chi connectivity index (χ2n) is 6.26. The van der Waals surface area contributed by atoms with Crippen molar-refractivity contribution >= 4 is 34.4 Å². The Kier molecular flexibility index (Phi) is 3.26. The number of carbonyl (C=O) groups is 3. The molecule has 0 aliphatic carbocycles. The van der Waals surface area contributed by atoms with Gasteiger partial charge in [0, 0.05) is 36.8 Å². The maximum atomic E-state index is 12.0. The van der Waals surface area contributed by atoms with E-state index < -0.39 is 12.0 Å². The molecule has 2 aromatic rings. The van der Waals surface area contributed by atoms with Crippen molar-refractivity contribution in [1.29, 1.82) is 0 Å². The van der Waals surface area contributed by atoms with Gasteiger partial charge in [-0.2, -0.15) is 5.10 Å². The van der Waals surface area contributed by atoms with Crippen LogP contribution in [0.4, 0.5) is 5.69 Å². The fourth-order valence-corrected chi connectivity index (χ4v) is 3.17. The largest absolute Gasteiger partial charge is 0.481 e. The van der Waals surface area contributed by atoms with Gasteiger partial charge in [-0.3, -0.25) is 24.4 Å². The van der Waals surface area contributed by atoms with Gasteiger partial charge in [-0.15, -0.1) is 0 Å². The molecule has 2 fully saturated rings. The summed E-state index contributed by atoms with van der Waals surface area (Å²) < 4.78 is 1.60. The third-order valence-corrected chi connectivity index (χ3v) is 4.63. The summed E-state index contributed by atoms with van der Waals surface area (Å²) in [5.74, 6) is -1.66. The van der Waals surface area contributed by atoms with Crippen LogP contribution in [-0.2, 0) is 14.4 Å². The van der Waals surface area contributed by atoms with Crippen LogP contribution in [0.15, 0.2) is 24.4 Å². The molecule has 24 heavy (non-hydrogen) atoms. The van der Waals surface area contributed by atoms with E-state index >= 15 is 0 Å². The van der Waals surface area contributed by atoms with Crippen LogP contribution in [0.1, 0.15) is 18.9 Å². The Bertz CT molecular complexity index is 853. The summed E-state index contributed by atoms with van der Waals surface area (Å²) in [6, 6.07) is 5.24. The number of benzene rings is 1. The highest BCUT2D eigenvalue weighted by Crippen LogP contribution is 2.29. The lowest BCUT2D eigenvalue weighted by Crippen LogP contribution is -2.50. The highest BCUT2D eigenvalue weighted by atomic mass is 16.4. The smallest absolute Gasteiger partial charge is 0.310 e. The monoisotopic (exact) mass is 328 g/mol. The van der Waals surface area contributed by atoms with E-state index in [1.165, 1.54) is 0 Å². The van der Waals surface area contributed by atoms with Crippen LogP contribution in [-0.4, -0.2) is 45.8 Å². The Balaban J connectivity index is 1.57. The van der Waals surface area contributed by atoms with Crippen LogP contribution in [0, 0.1) is 5.92 Å². The van der Waals surface area contributed by atoms with E-state index in [0.29, 0.717) is 25.9 Å². The quantitative estimate of drug-likeness (QED) is 0.797. The Morgan fingerprint density at radius 3 is 2.79 bits per heavy atom. The molecule has 2 aliphatic heterocycles. The highest BCUT2D eigenvalue weighted by molar-refractivity contribution is 5.99. The summed E-state index contributed by atoms with van der Waals surface area (Å²) in [6.45, 7) is 1.00. The molecule has 1 aromatic heterocycles. The van der Waals surface area contributed by atoms with Crippen molar-refractivity contribution in [3.63, 3.8) is 0 Å². The zero-order valence-corrected chi connectivity index (χ0v) is 12.8. The van der Waals surface area contributed by atoms with Crippen LogP contribution in [0.2, 0.25) is 0 Å². The summed E-state index contributed by atoms with van der Waals surface area (Å²) in [6.07, 6.45) is 2.55. The van der Waals surface area contributed by atoms with Gasteiger partial charge in [0.2, 0.25) is 5.91 Å². The minimum absolute atomic E-state index is 0.249. The van der Waals surface area contributed by atoms with Gasteiger partial charge in [-0.25, -0.2) is 0 Å². The van der Waals surface area contributed by atoms with Crippen LogP contribution >= 0.6 is 0 Å². The number of amides is 2. The number of nitrogens with zero attached hydrogens (tertiary/aromatic N) is 3. The lowest BCUT2D eigenvalue weighted by Gasteiger charge is -2.38. The highest BCUT2D eigenvalue weighted by Gasteiger charge is 2.33. The van der Waals surface area contributed by atoms with E-state index in [0.717, 1.165) is 16.6 Å². The number of fused-ring (bicyclic) bond motifs is 1. The molecule has 8 nitrogen and oxygen atoms in total. The van der Waals surface area contributed by atoms with Crippen LogP contribution < -0.4 is 10.2 Å². The number of rotatable bonds is 3. The second kappa shape index (κ2) is 5.33. The van der Waals surface area contributed by atoms with E-state index in [-0.39, 0.29) is 17.7 Å². The van der Waals surface area contributed by atoms with Crippen molar-refractivity contribution < 1.29 is 19.5 Å². The van der Waals surface area contributed by atoms with Crippen molar-refractivity contribution in [3.8, 4) is 0 Å². The Labute approximate surface area is 137 Å². The topological polar surface area (TPSA) is 105 Å². The van der Waals surface area contributed by atoms with Crippen molar-refractivity contribution in [1.82, 2.24) is 15.1 Å². The molecule has 1 aromatic carbocycles. The number of nitrogens with one attached hydrogen (secondary N) is 1. The third-order valence-electron chi connectivity index (χ3n) is 4.63. The van der Waals surface area contributed by atoms with Crippen LogP contribution in [0.5, 0.6) is 0 Å². The predicted molar refractivity (Wildman–Crippen MR) is 84.5 cm³/mol. The molecular formula is C16H16N4O4. The lowest BCUT2D eigenvalue weighted by molar-refractivity contribution is -0.142. The fourth-order valence-electron chi connectivity index (χ4n) is 3.17. The predicted octanol–water partition coefficient (Wildman–Crippen LogP) is 0.535.